The first-order valence-corrected chi connectivity index (χ1v) is 9.09. The first kappa shape index (κ1) is 17.1. The Bertz CT molecular complexity index is 1030. The number of nitrogens with one attached hydrogen (secondary N) is 2. The molecule has 136 valence electrons. The first-order valence-electron chi connectivity index (χ1n) is 9.09. The zero-order valence-corrected chi connectivity index (χ0v) is 15.3. The number of hydrogen-bond acceptors (Lipinski definition) is 2. The highest BCUT2D eigenvalue weighted by atomic mass is 16.2. The van der Waals surface area contributed by atoms with Gasteiger partial charge in [-0.25, -0.2) is 0 Å². The summed E-state index contributed by atoms with van der Waals surface area (Å²) >= 11 is 0. The molecule has 0 saturated heterocycles. The van der Waals surface area contributed by atoms with E-state index in [1.807, 2.05) is 43.4 Å². The molecule has 2 N–H and O–H groups in total. The number of carbonyl (C=O) groups is 1. The van der Waals surface area contributed by atoms with Crippen LogP contribution in [0.4, 0.5) is 0 Å². The second kappa shape index (κ2) is 7.50. The molecule has 0 bridgehead atoms. The van der Waals surface area contributed by atoms with Crippen LogP contribution in [-0.4, -0.2) is 33.0 Å². The van der Waals surface area contributed by atoms with Crippen molar-refractivity contribution in [3.8, 4) is 11.3 Å². The molecule has 0 spiro atoms. The van der Waals surface area contributed by atoms with Crippen molar-refractivity contribution in [3.05, 3.63) is 78.1 Å². The van der Waals surface area contributed by atoms with Crippen LogP contribution in [0.1, 0.15) is 17.7 Å². The molecule has 0 unspecified atom stereocenters. The fraction of sp³-hybridized carbons (Fsp3) is 0.182. The highest BCUT2D eigenvalue weighted by Gasteiger charge is 2.16. The maximum Gasteiger partial charge on any atom is 0.222 e. The molecule has 5 heteroatoms. The van der Waals surface area contributed by atoms with Gasteiger partial charge in [0.05, 0.1) is 12.2 Å². The van der Waals surface area contributed by atoms with Crippen molar-refractivity contribution in [2.75, 3.05) is 7.05 Å². The van der Waals surface area contributed by atoms with Gasteiger partial charge in [0.25, 0.3) is 0 Å². The molecule has 0 saturated carbocycles. The van der Waals surface area contributed by atoms with Crippen LogP contribution in [0.25, 0.3) is 22.2 Å². The van der Waals surface area contributed by atoms with Gasteiger partial charge < -0.3 is 9.88 Å². The minimum absolute atomic E-state index is 0.119. The molecule has 0 aliphatic rings. The van der Waals surface area contributed by atoms with E-state index in [0.717, 1.165) is 22.5 Å². The SMILES string of the molecule is CN(Cc1ccn[nH]1)C(=O)CCc1c(-c2ccccc2)[nH]c2ccccc12. The molecule has 0 radical (unpaired) electrons. The Morgan fingerprint density at radius 2 is 1.81 bits per heavy atom. The summed E-state index contributed by atoms with van der Waals surface area (Å²) in [7, 11) is 1.83. The molecule has 2 heterocycles. The maximum atomic E-state index is 12.6. The van der Waals surface area contributed by atoms with Crippen molar-refractivity contribution in [1.29, 1.82) is 0 Å². The monoisotopic (exact) mass is 358 g/mol. The highest BCUT2D eigenvalue weighted by Crippen LogP contribution is 2.31. The summed E-state index contributed by atoms with van der Waals surface area (Å²) in [5.41, 5.74) is 5.47. The molecule has 0 fully saturated rings. The van der Waals surface area contributed by atoms with E-state index in [9.17, 15) is 4.79 Å². The van der Waals surface area contributed by atoms with Gasteiger partial charge in [-0.1, -0.05) is 48.5 Å². The average molecular weight is 358 g/mol. The van der Waals surface area contributed by atoms with Crippen LogP contribution in [0.2, 0.25) is 0 Å². The molecule has 0 atom stereocenters. The fourth-order valence-corrected chi connectivity index (χ4v) is 3.45. The maximum absolute atomic E-state index is 12.6. The molecule has 5 nitrogen and oxygen atoms in total. The third kappa shape index (κ3) is 3.62. The quantitative estimate of drug-likeness (QED) is 0.544. The van der Waals surface area contributed by atoms with E-state index in [0.29, 0.717) is 19.4 Å². The zero-order chi connectivity index (χ0) is 18.6. The number of aryl methyl sites for hydroxylation is 1. The average Bonchev–Trinajstić information content (AvgIpc) is 3.34. The number of benzene rings is 2. The van der Waals surface area contributed by atoms with E-state index in [1.165, 1.54) is 10.9 Å². The standard InChI is InChI=1S/C22H22N4O/c1-26(15-17-13-14-23-25-17)21(27)12-11-19-18-9-5-6-10-20(18)24-22(19)16-7-3-2-4-8-16/h2-10,13-14,24H,11-12,15H2,1H3,(H,23,25). The lowest BCUT2D eigenvalue weighted by atomic mass is 10.0. The van der Waals surface area contributed by atoms with Gasteiger partial charge in [-0.15, -0.1) is 0 Å². The normalized spacial score (nSPS) is 11.0. The number of rotatable bonds is 6. The molecule has 0 aliphatic heterocycles. The Hall–Kier alpha value is -3.34. The van der Waals surface area contributed by atoms with Gasteiger partial charge in [0, 0.05) is 36.3 Å². The number of amides is 1. The van der Waals surface area contributed by atoms with Gasteiger partial charge in [0.15, 0.2) is 0 Å². The van der Waals surface area contributed by atoms with Crippen LogP contribution in [0, 0.1) is 0 Å². The van der Waals surface area contributed by atoms with Crippen molar-refractivity contribution < 1.29 is 4.79 Å². The molecular formula is C22H22N4O. The predicted molar refractivity (Wildman–Crippen MR) is 107 cm³/mol. The van der Waals surface area contributed by atoms with Crippen molar-refractivity contribution in [2.24, 2.45) is 0 Å². The van der Waals surface area contributed by atoms with Gasteiger partial charge in [-0.3, -0.25) is 9.89 Å². The third-order valence-corrected chi connectivity index (χ3v) is 4.86. The Morgan fingerprint density at radius 1 is 1.04 bits per heavy atom. The number of aromatic nitrogens is 3. The zero-order valence-electron chi connectivity index (χ0n) is 15.3. The smallest absolute Gasteiger partial charge is 0.222 e. The number of H-pyrrole nitrogens is 2. The summed E-state index contributed by atoms with van der Waals surface area (Å²) in [6.45, 7) is 0.540. The number of carbonyl (C=O) groups excluding carboxylic acids is 1. The summed E-state index contributed by atoms with van der Waals surface area (Å²) in [6, 6.07) is 20.4. The van der Waals surface area contributed by atoms with Crippen molar-refractivity contribution in [3.63, 3.8) is 0 Å². The molecule has 27 heavy (non-hydrogen) atoms. The predicted octanol–water partition coefficient (Wildman–Crippen LogP) is 4.15. The van der Waals surface area contributed by atoms with E-state index in [2.05, 4.69) is 39.4 Å². The van der Waals surface area contributed by atoms with Crippen LogP contribution < -0.4 is 0 Å². The largest absolute Gasteiger partial charge is 0.354 e. The minimum Gasteiger partial charge on any atom is -0.354 e. The minimum atomic E-state index is 0.119. The number of hydrogen-bond donors (Lipinski definition) is 2. The van der Waals surface area contributed by atoms with Gasteiger partial charge in [0.1, 0.15) is 0 Å². The molecule has 1 amide bonds. The lowest BCUT2D eigenvalue weighted by Gasteiger charge is -2.16. The summed E-state index contributed by atoms with van der Waals surface area (Å²) in [4.78, 5) is 17.9. The number of aromatic amines is 2. The first-order chi connectivity index (χ1) is 13.2. The summed E-state index contributed by atoms with van der Waals surface area (Å²) < 4.78 is 0. The van der Waals surface area contributed by atoms with Crippen LogP contribution in [0.3, 0.4) is 0 Å². The lowest BCUT2D eigenvalue weighted by Crippen LogP contribution is -2.26. The second-order valence-electron chi connectivity index (χ2n) is 6.72. The third-order valence-electron chi connectivity index (χ3n) is 4.86. The van der Waals surface area contributed by atoms with Crippen LogP contribution in [-0.2, 0) is 17.8 Å². The Balaban J connectivity index is 1.57. The van der Waals surface area contributed by atoms with Gasteiger partial charge in [0.2, 0.25) is 5.91 Å². The lowest BCUT2D eigenvalue weighted by molar-refractivity contribution is -0.130. The van der Waals surface area contributed by atoms with Crippen LogP contribution in [0.5, 0.6) is 0 Å². The second-order valence-corrected chi connectivity index (χ2v) is 6.72. The van der Waals surface area contributed by atoms with Crippen LogP contribution in [0.15, 0.2) is 66.9 Å². The van der Waals surface area contributed by atoms with E-state index in [4.69, 9.17) is 0 Å². The van der Waals surface area contributed by atoms with Gasteiger partial charge in [-0.05, 0) is 29.7 Å². The Labute approximate surface area is 158 Å². The summed E-state index contributed by atoms with van der Waals surface area (Å²) in [5.74, 6) is 0.119. The van der Waals surface area contributed by atoms with Crippen molar-refractivity contribution in [1.82, 2.24) is 20.1 Å². The molecular weight excluding hydrogens is 336 g/mol. The Kier molecular flexibility index (Phi) is 4.75. The van der Waals surface area contributed by atoms with Crippen molar-refractivity contribution >= 4 is 16.8 Å². The highest BCUT2D eigenvalue weighted by molar-refractivity contribution is 5.91. The van der Waals surface area contributed by atoms with Crippen molar-refractivity contribution in [2.45, 2.75) is 19.4 Å². The van der Waals surface area contributed by atoms with Crippen LogP contribution >= 0.6 is 0 Å². The topological polar surface area (TPSA) is 64.8 Å². The fourth-order valence-electron chi connectivity index (χ4n) is 3.45. The molecule has 2 aromatic heterocycles. The number of para-hydroxylation sites is 1. The number of nitrogens with zero attached hydrogens (tertiary/aromatic N) is 2. The molecule has 4 rings (SSSR count). The Morgan fingerprint density at radius 3 is 2.59 bits per heavy atom. The molecule has 2 aromatic carbocycles. The van der Waals surface area contributed by atoms with E-state index < -0.39 is 0 Å². The molecule has 0 aliphatic carbocycles. The summed E-state index contributed by atoms with van der Waals surface area (Å²) in [6.07, 6.45) is 2.86. The van der Waals surface area contributed by atoms with Gasteiger partial charge in [-0.2, -0.15) is 5.10 Å². The number of fused-ring (bicyclic) bond motifs is 1. The van der Waals surface area contributed by atoms with Gasteiger partial charge >= 0.3 is 0 Å². The summed E-state index contributed by atoms with van der Waals surface area (Å²) in [5, 5.41) is 8.01. The van der Waals surface area contributed by atoms with E-state index >= 15 is 0 Å². The van der Waals surface area contributed by atoms with E-state index in [1.54, 1.807) is 11.1 Å². The molecule has 4 aromatic rings. The van der Waals surface area contributed by atoms with E-state index in [-0.39, 0.29) is 5.91 Å².